The second kappa shape index (κ2) is 8.32. The van der Waals surface area contributed by atoms with Crippen LogP contribution in [0, 0.1) is 17.2 Å². The Kier molecular flexibility index (Phi) is 5.73. The number of hydroxylamine groups is 2. The third-order valence-corrected chi connectivity index (χ3v) is 5.83. The molecule has 1 saturated carbocycles. The number of hydrogen-bond acceptors (Lipinski definition) is 6. The highest BCUT2D eigenvalue weighted by atomic mass is 19.4. The lowest BCUT2D eigenvalue weighted by molar-refractivity contribution is -0.137. The first-order valence-corrected chi connectivity index (χ1v) is 10.3. The maximum Gasteiger partial charge on any atom is 0.417 e. The molecular weight excluding hydrogens is 409 g/mol. The van der Waals surface area contributed by atoms with E-state index in [9.17, 15) is 23.6 Å². The predicted molar refractivity (Wildman–Crippen MR) is 108 cm³/mol. The molecule has 31 heavy (non-hydrogen) atoms. The summed E-state index contributed by atoms with van der Waals surface area (Å²) in [5.74, 6) is -0.0193. The number of aliphatic imine (C=N–C) groups is 1. The Balaban J connectivity index is 1.89. The number of hydrogen-bond donors (Lipinski definition) is 3. The molecular formula is C21H23F3N6O. The molecule has 1 aliphatic heterocycles. The lowest BCUT2D eigenvalue weighted by atomic mass is 9.83. The largest absolute Gasteiger partial charge is 0.417 e. The Morgan fingerprint density at radius 2 is 2.06 bits per heavy atom. The highest BCUT2D eigenvalue weighted by Gasteiger charge is 2.36. The summed E-state index contributed by atoms with van der Waals surface area (Å²) in [5.41, 5.74) is 0.670. The summed E-state index contributed by atoms with van der Waals surface area (Å²) in [6.07, 6.45) is 1.66. The quantitative estimate of drug-likeness (QED) is 0.668. The molecule has 4 rings (SSSR count). The summed E-state index contributed by atoms with van der Waals surface area (Å²) in [5, 5.41) is 25.2. The van der Waals surface area contributed by atoms with Crippen molar-refractivity contribution in [2.24, 2.45) is 10.9 Å². The van der Waals surface area contributed by atoms with E-state index < -0.39 is 18.0 Å². The van der Waals surface area contributed by atoms with Crippen LogP contribution in [0.1, 0.15) is 50.2 Å². The van der Waals surface area contributed by atoms with Gasteiger partial charge >= 0.3 is 6.18 Å². The molecule has 0 spiro atoms. The lowest BCUT2D eigenvalue weighted by Gasteiger charge is -2.37. The van der Waals surface area contributed by atoms with Crippen LogP contribution in [0.25, 0.3) is 11.0 Å². The molecule has 0 amide bonds. The summed E-state index contributed by atoms with van der Waals surface area (Å²) in [6.45, 7) is 2.37. The number of nitriles is 1. The number of pyridine rings is 1. The molecule has 1 fully saturated rings. The fraction of sp³-hybridized carbons (Fsp3) is 0.476. The smallest absolute Gasteiger partial charge is 0.345 e. The van der Waals surface area contributed by atoms with Gasteiger partial charge < -0.3 is 4.98 Å². The minimum Gasteiger partial charge on any atom is -0.345 e. The molecule has 0 radical (unpaired) electrons. The zero-order valence-corrected chi connectivity index (χ0v) is 17.0. The summed E-state index contributed by atoms with van der Waals surface area (Å²) < 4.78 is 39.8. The van der Waals surface area contributed by atoms with E-state index in [0.717, 1.165) is 49.4 Å². The van der Waals surface area contributed by atoms with Crippen LogP contribution in [0.2, 0.25) is 0 Å². The first-order chi connectivity index (χ1) is 14.8. The molecule has 1 aliphatic carbocycles. The van der Waals surface area contributed by atoms with Crippen molar-refractivity contribution in [3.8, 4) is 6.07 Å². The van der Waals surface area contributed by atoms with Gasteiger partial charge in [0.15, 0.2) is 6.29 Å². The van der Waals surface area contributed by atoms with E-state index in [1.54, 1.807) is 0 Å². The molecule has 0 bridgehead atoms. The van der Waals surface area contributed by atoms with E-state index in [4.69, 9.17) is 0 Å². The number of allylic oxidation sites excluding steroid dienone is 2. The average Bonchev–Trinajstić information content (AvgIpc) is 3.18. The van der Waals surface area contributed by atoms with Gasteiger partial charge in [-0.15, -0.1) is 0 Å². The van der Waals surface area contributed by atoms with Crippen LogP contribution in [0.5, 0.6) is 0 Å². The van der Waals surface area contributed by atoms with Crippen molar-refractivity contribution in [1.29, 1.82) is 5.26 Å². The standard InChI is InChI=1S/C21H23F3N6O/c1-2-26-20-29-17(15(9-25)18(30(20)31)12-6-4-3-5-7-12)16-11-28-19-14(16)8-13(10-27-19)21(22,23)24/h8,10-12,20,26,31H,2-7H2,1H3,(H,27,28). The number of alkyl halides is 3. The molecule has 3 N–H and O–H groups in total. The Hall–Kier alpha value is -2.90. The molecule has 0 aromatic carbocycles. The first kappa shape index (κ1) is 21.3. The molecule has 0 saturated heterocycles. The third-order valence-electron chi connectivity index (χ3n) is 5.83. The minimum atomic E-state index is -4.54. The predicted octanol–water partition coefficient (Wildman–Crippen LogP) is 4.33. The van der Waals surface area contributed by atoms with E-state index in [0.29, 0.717) is 17.8 Å². The van der Waals surface area contributed by atoms with Crippen molar-refractivity contribution in [1.82, 2.24) is 20.3 Å². The van der Waals surface area contributed by atoms with Gasteiger partial charge in [0, 0.05) is 29.3 Å². The number of halogens is 3. The molecule has 10 heteroatoms. The Morgan fingerprint density at radius 3 is 2.71 bits per heavy atom. The monoisotopic (exact) mass is 432 g/mol. The van der Waals surface area contributed by atoms with E-state index in [2.05, 4.69) is 26.3 Å². The second-order valence-electron chi connectivity index (χ2n) is 7.78. The van der Waals surface area contributed by atoms with Gasteiger partial charge in [-0.1, -0.05) is 26.2 Å². The second-order valence-corrected chi connectivity index (χ2v) is 7.78. The summed E-state index contributed by atoms with van der Waals surface area (Å²) in [6, 6.07) is 3.17. The van der Waals surface area contributed by atoms with Crippen molar-refractivity contribution in [3.05, 3.63) is 40.9 Å². The van der Waals surface area contributed by atoms with Crippen LogP contribution in [-0.2, 0) is 6.18 Å². The number of nitrogens with one attached hydrogen (secondary N) is 2. The van der Waals surface area contributed by atoms with Gasteiger partial charge in [0.05, 0.1) is 22.5 Å². The van der Waals surface area contributed by atoms with Gasteiger partial charge in [-0.2, -0.15) is 18.4 Å². The Labute approximate surface area is 177 Å². The molecule has 1 atom stereocenters. The van der Waals surface area contributed by atoms with E-state index in [1.807, 2.05) is 6.92 Å². The molecule has 164 valence electrons. The van der Waals surface area contributed by atoms with E-state index >= 15 is 0 Å². The highest BCUT2D eigenvalue weighted by Crippen LogP contribution is 2.38. The zero-order valence-electron chi connectivity index (χ0n) is 17.0. The van der Waals surface area contributed by atoms with Gasteiger partial charge in [-0.25, -0.2) is 15.0 Å². The lowest BCUT2D eigenvalue weighted by Crippen LogP contribution is -2.47. The summed E-state index contributed by atoms with van der Waals surface area (Å²) in [7, 11) is 0. The van der Waals surface area contributed by atoms with Gasteiger partial charge in [0.1, 0.15) is 11.7 Å². The highest BCUT2D eigenvalue weighted by molar-refractivity contribution is 6.21. The van der Waals surface area contributed by atoms with Gasteiger partial charge in [-0.05, 0) is 25.5 Å². The number of aromatic amines is 1. The van der Waals surface area contributed by atoms with Gasteiger partial charge in [0.25, 0.3) is 0 Å². The van der Waals surface area contributed by atoms with E-state index in [1.165, 1.54) is 6.20 Å². The van der Waals surface area contributed by atoms with Crippen molar-refractivity contribution in [3.63, 3.8) is 0 Å². The van der Waals surface area contributed by atoms with Crippen molar-refractivity contribution < 1.29 is 18.4 Å². The number of nitrogens with zero attached hydrogens (tertiary/aromatic N) is 4. The van der Waals surface area contributed by atoms with Crippen LogP contribution in [0.4, 0.5) is 13.2 Å². The minimum absolute atomic E-state index is 0.0193. The van der Waals surface area contributed by atoms with Crippen LogP contribution in [0.15, 0.2) is 34.7 Å². The SMILES string of the molecule is CCNC1N=C(c2c[nH]c3ncc(C(F)(F)F)cc23)C(C#N)=C(C2CCCCC2)N1O. The van der Waals surface area contributed by atoms with Crippen molar-refractivity contribution in [2.75, 3.05) is 6.54 Å². The average molecular weight is 432 g/mol. The zero-order chi connectivity index (χ0) is 22.2. The number of fused-ring (bicyclic) bond motifs is 1. The Morgan fingerprint density at radius 1 is 1.32 bits per heavy atom. The molecule has 2 aliphatic rings. The fourth-order valence-corrected chi connectivity index (χ4v) is 4.36. The van der Waals surface area contributed by atoms with E-state index in [-0.39, 0.29) is 28.2 Å². The van der Waals surface area contributed by atoms with Crippen LogP contribution in [0.3, 0.4) is 0 Å². The summed E-state index contributed by atoms with van der Waals surface area (Å²) >= 11 is 0. The van der Waals surface area contributed by atoms with Crippen LogP contribution < -0.4 is 5.32 Å². The Bertz CT molecular complexity index is 1070. The molecule has 7 nitrogen and oxygen atoms in total. The summed E-state index contributed by atoms with van der Waals surface area (Å²) in [4.78, 5) is 11.3. The fourth-order valence-electron chi connectivity index (χ4n) is 4.36. The molecule has 1 unspecified atom stereocenters. The number of H-pyrrole nitrogens is 1. The van der Waals surface area contributed by atoms with Gasteiger partial charge in [-0.3, -0.25) is 10.5 Å². The van der Waals surface area contributed by atoms with Crippen molar-refractivity contribution in [2.45, 2.75) is 51.5 Å². The number of rotatable bonds is 4. The maximum atomic E-state index is 13.3. The molecule has 2 aromatic heterocycles. The van der Waals surface area contributed by atoms with Gasteiger partial charge in [0.2, 0.25) is 0 Å². The van der Waals surface area contributed by atoms with Crippen molar-refractivity contribution >= 4 is 16.7 Å². The maximum absolute atomic E-state index is 13.3. The van der Waals surface area contributed by atoms with Crippen LogP contribution in [-0.4, -0.2) is 38.8 Å². The van der Waals surface area contributed by atoms with Crippen LogP contribution >= 0.6 is 0 Å². The topological polar surface area (TPSA) is 100 Å². The molecule has 3 heterocycles. The molecule has 2 aromatic rings. The first-order valence-electron chi connectivity index (χ1n) is 10.3. The number of aromatic nitrogens is 2. The third kappa shape index (κ3) is 3.91. The normalized spacial score (nSPS) is 20.8.